The van der Waals surface area contributed by atoms with Crippen molar-refractivity contribution in [3.05, 3.63) is 12.2 Å². The third-order valence-corrected chi connectivity index (χ3v) is 2.02. The summed E-state index contributed by atoms with van der Waals surface area (Å²) in [5.41, 5.74) is 0. The van der Waals surface area contributed by atoms with Crippen molar-refractivity contribution in [3.8, 4) is 0 Å². The number of allylic oxidation sites excluding steroid dienone is 1. The van der Waals surface area contributed by atoms with E-state index in [9.17, 15) is 0 Å². The molecule has 0 atom stereocenters. The quantitative estimate of drug-likeness (QED) is 0.285. The number of hydrogen-bond donors (Lipinski definition) is 0. The normalized spacial score (nSPS) is 11.7. The van der Waals surface area contributed by atoms with Gasteiger partial charge in [-0.3, -0.25) is 0 Å². The molecule has 0 spiro atoms. The Morgan fingerprint density at radius 1 is 1.23 bits per heavy atom. The molecule has 0 N–H and O–H groups in total. The van der Waals surface area contributed by atoms with E-state index in [1.807, 2.05) is 19.9 Å². The van der Waals surface area contributed by atoms with E-state index in [1.54, 1.807) is 0 Å². The van der Waals surface area contributed by atoms with E-state index in [1.165, 1.54) is 0 Å². The minimum Gasteiger partial charge on any atom is -0.349 e. The molecule has 0 amide bonds. The van der Waals surface area contributed by atoms with E-state index in [2.05, 4.69) is 22.0 Å². The van der Waals surface area contributed by atoms with E-state index in [4.69, 9.17) is 9.47 Å². The van der Waals surface area contributed by atoms with Crippen LogP contribution in [0.4, 0.5) is 0 Å². The molecule has 78 valence electrons. The molecule has 0 bridgehead atoms. The van der Waals surface area contributed by atoms with Gasteiger partial charge in [0.2, 0.25) is 0 Å². The molecule has 0 rings (SSSR count). The van der Waals surface area contributed by atoms with Crippen LogP contribution in [-0.2, 0) is 9.47 Å². The molecule has 0 radical (unpaired) electrons. The first-order chi connectivity index (χ1) is 6.35. The van der Waals surface area contributed by atoms with Crippen molar-refractivity contribution >= 4 is 15.9 Å². The van der Waals surface area contributed by atoms with Gasteiger partial charge in [0.15, 0.2) is 6.29 Å². The zero-order chi connectivity index (χ0) is 9.94. The number of rotatable bonds is 8. The standard InChI is InChI=1S/C10H19BrO2/c1-3-12-10(13-4-2)8-6-5-7-9-11/h6,8,10H,3-5,7,9H2,1-2H3/b8-6+. The average molecular weight is 251 g/mol. The van der Waals surface area contributed by atoms with Crippen molar-refractivity contribution in [3.63, 3.8) is 0 Å². The molecule has 0 aromatic heterocycles. The van der Waals surface area contributed by atoms with Crippen LogP contribution in [0.25, 0.3) is 0 Å². The van der Waals surface area contributed by atoms with Crippen LogP contribution in [0.5, 0.6) is 0 Å². The maximum absolute atomic E-state index is 5.34. The van der Waals surface area contributed by atoms with Crippen LogP contribution in [0.1, 0.15) is 26.7 Å². The Bertz CT molecular complexity index is 120. The van der Waals surface area contributed by atoms with Crippen molar-refractivity contribution in [2.24, 2.45) is 0 Å². The SMILES string of the molecule is CCOC(/C=C/CCCBr)OCC. The molecule has 0 saturated carbocycles. The summed E-state index contributed by atoms with van der Waals surface area (Å²) < 4.78 is 10.7. The minimum absolute atomic E-state index is 0.162. The fraction of sp³-hybridized carbons (Fsp3) is 0.800. The highest BCUT2D eigenvalue weighted by Crippen LogP contribution is 2.00. The number of alkyl halides is 1. The van der Waals surface area contributed by atoms with Crippen molar-refractivity contribution in [2.75, 3.05) is 18.5 Å². The number of halogens is 1. The van der Waals surface area contributed by atoms with Crippen LogP contribution >= 0.6 is 15.9 Å². The minimum atomic E-state index is -0.162. The summed E-state index contributed by atoms with van der Waals surface area (Å²) in [5.74, 6) is 0. The lowest BCUT2D eigenvalue weighted by Crippen LogP contribution is -2.14. The molecule has 13 heavy (non-hydrogen) atoms. The van der Waals surface area contributed by atoms with Gasteiger partial charge >= 0.3 is 0 Å². The van der Waals surface area contributed by atoms with Gasteiger partial charge in [-0.25, -0.2) is 0 Å². The van der Waals surface area contributed by atoms with Crippen molar-refractivity contribution in [1.29, 1.82) is 0 Å². The van der Waals surface area contributed by atoms with Gasteiger partial charge in [0.25, 0.3) is 0 Å². The van der Waals surface area contributed by atoms with Crippen LogP contribution < -0.4 is 0 Å². The second-order valence-electron chi connectivity index (χ2n) is 2.54. The van der Waals surface area contributed by atoms with Crippen LogP contribution in [0.2, 0.25) is 0 Å². The largest absolute Gasteiger partial charge is 0.349 e. The summed E-state index contributed by atoms with van der Waals surface area (Å²) in [4.78, 5) is 0. The Hall–Kier alpha value is 0.140. The topological polar surface area (TPSA) is 18.5 Å². The maximum atomic E-state index is 5.34. The number of hydrogen-bond acceptors (Lipinski definition) is 2. The van der Waals surface area contributed by atoms with Crippen molar-refractivity contribution in [1.82, 2.24) is 0 Å². The monoisotopic (exact) mass is 250 g/mol. The summed E-state index contributed by atoms with van der Waals surface area (Å²) in [7, 11) is 0. The Labute approximate surface area is 89.4 Å². The fourth-order valence-electron chi connectivity index (χ4n) is 0.890. The summed E-state index contributed by atoms with van der Waals surface area (Å²) in [6, 6.07) is 0. The van der Waals surface area contributed by atoms with Gasteiger partial charge in [-0.05, 0) is 32.8 Å². The molecular formula is C10H19BrO2. The number of ether oxygens (including phenoxy) is 2. The summed E-state index contributed by atoms with van der Waals surface area (Å²) in [6.45, 7) is 5.32. The highest BCUT2D eigenvalue weighted by atomic mass is 79.9. The predicted molar refractivity (Wildman–Crippen MR) is 59.2 cm³/mol. The molecular weight excluding hydrogens is 232 g/mol. The molecule has 0 saturated heterocycles. The van der Waals surface area contributed by atoms with Crippen molar-refractivity contribution in [2.45, 2.75) is 33.0 Å². The van der Waals surface area contributed by atoms with Crippen LogP contribution in [0.3, 0.4) is 0 Å². The summed E-state index contributed by atoms with van der Waals surface area (Å²) >= 11 is 3.38. The molecule has 3 heteroatoms. The summed E-state index contributed by atoms with van der Waals surface area (Å²) in [6.07, 6.45) is 6.15. The average Bonchev–Trinajstić information content (AvgIpc) is 2.13. The Kier molecular flexibility index (Phi) is 10.3. The van der Waals surface area contributed by atoms with E-state index < -0.39 is 0 Å². The summed E-state index contributed by atoms with van der Waals surface area (Å²) in [5, 5.41) is 1.05. The Balaban J connectivity index is 3.58. The molecule has 0 aliphatic rings. The van der Waals surface area contributed by atoms with Gasteiger partial charge in [0.05, 0.1) is 0 Å². The first-order valence-corrected chi connectivity index (χ1v) is 5.93. The molecule has 0 aromatic carbocycles. The van der Waals surface area contributed by atoms with Gasteiger partial charge in [0, 0.05) is 18.5 Å². The van der Waals surface area contributed by atoms with Gasteiger partial charge in [-0.1, -0.05) is 22.0 Å². The third-order valence-electron chi connectivity index (χ3n) is 1.46. The first kappa shape index (κ1) is 13.1. The van der Waals surface area contributed by atoms with Crippen molar-refractivity contribution < 1.29 is 9.47 Å². The maximum Gasteiger partial charge on any atom is 0.176 e. The highest BCUT2D eigenvalue weighted by Gasteiger charge is 2.00. The fourth-order valence-corrected chi connectivity index (χ4v) is 1.21. The molecule has 0 aliphatic carbocycles. The molecule has 0 heterocycles. The molecule has 0 fully saturated rings. The second-order valence-corrected chi connectivity index (χ2v) is 3.33. The van der Waals surface area contributed by atoms with Gasteiger partial charge < -0.3 is 9.47 Å². The smallest absolute Gasteiger partial charge is 0.176 e. The first-order valence-electron chi connectivity index (χ1n) is 4.81. The molecule has 2 nitrogen and oxygen atoms in total. The van der Waals surface area contributed by atoms with E-state index in [0.717, 1.165) is 18.2 Å². The zero-order valence-corrected chi connectivity index (χ0v) is 10.0. The Morgan fingerprint density at radius 3 is 2.31 bits per heavy atom. The van der Waals surface area contributed by atoms with E-state index >= 15 is 0 Å². The zero-order valence-electron chi connectivity index (χ0n) is 8.46. The van der Waals surface area contributed by atoms with Gasteiger partial charge in [0.1, 0.15) is 0 Å². The van der Waals surface area contributed by atoms with E-state index in [0.29, 0.717) is 13.2 Å². The lowest BCUT2D eigenvalue weighted by molar-refractivity contribution is -0.104. The third kappa shape index (κ3) is 8.47. The second kappa shape index (κ2) is 10.2. The van der Waals surface area contributed by atoms with Gasteiger partial charge in [-0.2, -0.15) is 0 Å². The lowest BCUT2D eigenvalue weighted by Gasteiger charge is -2.12. The molecule has 0 unspecified atom stereocenters. The van der Waals surface area contributed by atoms with Crippen LogP contribution in [0, 0.1) is 0 Å². The molecule has 0 aromatic rings. The van der Waals surface area contributed by atoms with Gasteiger partial charge in [-0.15, -0.1) is 0 Å². The van der Waals surface area contributed by atoms with Crippen LogP contribution in [-0.4, -0.2) is 24.8 Å². The van der Waals surface area contributed by atoms with E-state index in [-0.39, 0.29) is 6.29 Å². The number of unbranched alkanes of at least 4 members (excludes halogenated alkanes) is 1. The lowest BCUT2D eigenvalue weighted by atomic mass is 10.3. The molecule has 0 aliphatic heterocycles. The van der Waals surface area contributed by atoms with Crippen LogP contribution in [0.15, 0.2) is 12.2 Å². The highest BCUT2D eigenvalue weighted by molar-refractivity contribution is 9.09. The predicted octanol–water partition coefficient (Wildman–Crippen LogP) is 3.12. The Morgan fingerprint density at radius 2 is 1.85 bits per heavy atom.